The van der Waals surface area contributed by atoms with Crippen LogP contribution in [0.3, 0.4) is 0 Å². The first kappa shape index (κ1) is 18.6. The molecule has 0 heterocycles. The molecule has 22 heavy (non-hydrogen) atoms. The number of benzene rings is 1. The maximum Gasteiger partial charge on any atom is 0.198 e. The van der Waals surface area contributed by atoms with Crippen LogP contribution in [-0.4, -0.2) is 18.7 Å². The molecule has 1 rings (SSSR count). The van der Waals surface area contributed by atoms with Crippen molar-refractivity contribution < 1.29 is 19.3 Å². The number of ketones is 1. The zero-order valence-corrected chi connectivity index (χ0v) is 14.1. The zero-order chi connectivity index (χ0) is 16.8. The zero-order valence-electron chi connectivity index (χ0n) is 14.1. The minimum Gasteiger partial charge on any atom is -0.351 e. The van der Waals surface area contributed by atoms with E-state index in [4.69, 9.17) is 14.5 Å². The summed E-state index contributed by atoms with van der Waals surface area (Å²) in [5, 5.41) is 0. The van der Waals surface area contributed by atoms with E-state index >= 15 is 0 Å². The molecule has 0 aliphatic heterocycles. The van der Waals surface area contributed by atoms with Gasteiger partial charge in [0, 0.05) is 13.5 Å². The SMILES string of the molecule is C=C(CCC(C)(OC)OOC(C)(C)c1ccccc1)C(C)=O. The van der Waals surface area contributed by atoms with Crippen molar-refractivity contribution >= 4 is 5.78 Å². The molecule has 0 saturated carbocycles. The highest BCUT2D eigenvalue weighted by Gasteiger charge is 2.31. The smallest absolute Gasteiger partial charge is 0.198 e. The lowest BCUT2D eigenvalue weighted by Gasteiger charge is -2.32. The van der Waals surface area contributed by atoms with Gasteiger partial charge in [0.25, 0.3) is 0 Å². The molecule has 0 aliphatic rings. The van der Waals surface area contributed by atoms with E-state index in [1.54, 1.807) is 14.0 Å². The van der Waals surface area contributed by atoms with E-state index in [2.05, 4.69) is 6.58 Å². The molecule has 1 aromatic rings. The van der Waals surface area contributed by atoms with Crippen molar-refractivity contribution in [3.8, 4) is 0 Å². The van der Waals surface area contributed by atoms with Gasteiger partial charge < -0.3 is 4.74 Å². The van der Waals surface area contributed by atoms with Crippen LogP contribution in [0.5, 0.6) is 0 Å². The average molecular weight is 306 g/mol. The lowest BCUT2D eigenvalue weighted by atomic mass is 9.99. The van der Waals surface area contributed by atoms with Gasteiger partial charge in [-0.3, -0.25) is 4.79 Å². The fourth-order valence-electron chi connectivity index (χ4n) is 1.81. The van der Waals surface area contributed by atoms with Gasteiger partial charge in [-0.15, -0.1) is 0 Å². The van der Waals surface area contributed by atoms with Crippen LogP contribution in [0.25, 0.3) is 0 Å². The number of hydrogen-bond acceptors (Lipinski definition) is 4. The Balaban J connectivity index is 2.65. The summed E-state index contributed by atoms with van der Waals surface area (Å²) in [6.07, 6.45) is 0.974. The second kappa shape index (κ2) is 7.68. The van der Waals surface area contributed by atoms with E-state index in [9.17, 15) is 4.79 Å². The summed E-state index contributed by atoms with van der Waals surface area (Å²) in [4.78, 5) is 22.4. The third-order valence-electron chi connectivity index (χ3n) is 3.71. The minimum atomic E-state index is -0.940. The fourth-order valence-corrected chi connectivity index (χ4v) is 1.81. The van der Waals surface area contributed by atoms with Crippen LogP contribution in [-0.2, 0) is 24.9 Å². The number of allylic oxidation sites excluding steroid dienone is 1. The first-order valence-corrected chi connectivity index (χ1v) is 7.36. The van der Waals surface area contributed by atoms with Crippen LogP contribution in [0, 0.1) is 0 Å². The Labute approximate surface area is 133 Å². The lowest BCUT2D eigenvalue weighted by Crippen LogP contribution is -2.35. The molecule has 0 radical (unpaired) electrons. The molecule has 0 aromatic heterocycles. The number of rotatable bonds is 9. The topological polar surface area (TPSA) is 44.8 Å². The van der Waals surface area contributed by atoms with Crippen LogP contribution in [0.1, 0.15) is 46.1 Å². The molecule has 122 valence electrons. The Morgan fingerprint density at radius 2 is 1.73 bits per heavy atom. The van der Waals surface area contributed by atoms with Crippen molar-refractivity contribution in [3.05, 3.63) is 48.0 Å². The quantitative estimate of drug-likeness (QED) is 0.297. The monoisotopic (exact) mass is 306 g/mol. The van der Waals surface area contributed by atoms with Gasteiger partial charge in [0.2, 0.25) is 0 Å². The first-order chi connectivity index (χ1) is 10.2. The number of ether oxygens (including phenoxy) is 1. The highest BCUT2D eigenvalue weighted by atomic mass is 17.2. The second-order valence-corrected chi connectivity index (χ2v) is 6.04. The fraction of sp³-hybridized carbons (Fsp3) is 0.500. The van der Waals surface area contributed by atoms with Crippen molar-refractivity contribution in [2.45, 2.75) is 51.9 Å². The molecule has 1 atom stereocenters. The Morgan fingerprint density at radius 1 is 1.14 bits per heavy atom. The summed E-state index contributed by atoms with van der Waals surface area (Å²) in [7, 11) is 1.55. The number of carbonyl (C=O) groups excluding carboxylic acids is 1. The summed E-state index contributed by atoms with van der Waals surface area (Å²) < 4.78 is 5.40. The summed E-state index contributed by atoms with van der Waals surface area (Å²) >= 11 is 0. The third kappa shape index (κ3) is 5.37. The highest BCUT2D eigenvalue weighted by molar-refractivity contribution is 5.92. The van der Waals surface area contributed by atoms with Crippen molar-refractivity contribution in [3.63, 3.8) is 0 Å². The van der Waals surface area contributed by atoms with E-state index in [0.29, 0.717) is 18.4 Å². The van der Waals surface area contributed by atoms with Crippen molar-refractivity contribution in [1.29, 1.82) is 0 Å². The van der Waals surface area contributed by atoms with Gasteiger partial charge in [-0.05, 0) is 45.3 Å². The molecule has 0 aliphatic carbocycles. The van der Waals surface area contributed by atoms with Gasteiger partial charge in [0.1, 0.15) is 5.60 Å². The van der Waals surface area contributed by atoms with E-state index in [1.807, 2.05) is 44.2 Å². The Morgan fingerprint density at radius 3 is 2.23 bits per heavy atom. The number of carbonyl (C=O) groups is 1. The molecular formula is C18H26O4. The van der Waals surface area contributed by atoms with Crippen molar-refractivity contribution in [2.24, 2.45) is 0 Å². The Bertz CT molecular complexity index is 507. The molecule has 0 spiro atoms. The van der Waals surface area contributed by atoms with Crippen molar-refractivity contribution in [1.82, 2.24) is 0 Å². The summed E-state index contributed by atoms with van der Waals surface area (Å²) in [6.45, 7) is 10.9. The van der Waals surface area contributed by atoms with Crippen LogP contribution in [0.15, 0.2) is 42.5 Å². The molecule has 0 N–H and O–H groups in total. The van der Waals surface area contributed by atoms with Gasteiger partial charge in [-0.2, -0.15) is 0 Å². The summed E-state index contributed by atoms with van der Waals surface area (Å²) in [5.74, 6) is -0.964. The van der Waals surface area contributed by atoms with Gasteiger partial charge in [-0.25, -0.2) is 9.78 Å². The van der Waals surface area contributed by atoms with Gasteiger partial charge in [-0.1, -0.05) is 36.9 Å². The Hall–Kier alpha value is -1.49. The number of hydrogen-bond donors (Lipinski definition) is 0. The molecule has 0 bridgehead atoms. The van der Waals surface area contributed by atoms with E-state index in [0.717, 1.165) is 5.56 Å². The minimum absolute atomic E-state index is 0.0241. The standard InChI is InChI=1S/C18H26O4/c1-14(15(2)19)12-13-18(5,20-6)22-21-17(3,4)16-10-8-7-9-11-16/h7-11H,1,12-13H2,2-6H3. The van der Waals surface area contributed by atoms with E-state index in [-0.39, 0.29) is 5.78 Å². The van der Waals surface area contributed by atoms with Gasteiger partial charge >= 0.3 is 0 Å². The first-order valence-electron chi connectivity index (χ1n) is 7.36. The van der Waals surface area contributed by atoms with E-state index in [1.165, 1.54) is 6.92 Å². The maximum absolute atomic E-state index is 11.2. The largest absolute Gasteiger partial charge is 0.351 e. The number of methoxy groups -OCH3 is 1. The third-order valence-corrected chi connectivity index (χ3v) is 3.71. The van der Waals surface area contributed by atoms with Crippen LogP contribution in [0.2, 0.25) is 0 Å². The summed E-state index contributed by atoms with van der Waals surface area (Å²) in [5.41, 5.74) is 0.939. The van der Waals surface area contributed by atoms with Gasteiger partial charge in [0.15, 0.2) is 11.6 Å². The molecule has 1 unspecified atom stereocenters. The molecule has 1 aromatic carbocycles. The lowest BCUT2D eigenvalue weighted by molar-refractivity contribution is -0.458. The molecule has 0 amide bonds. The molecule has 4 nitrogen and oxygen atoms in total. The van der Waals surface area contributed by atoms with Crippen LogP contribution < -0.4 is 0 Å². The van der Waals surface area contributed by atoms with E-state index < -0.39 is 11.4 Å². The maximum atomic E-state index is 11.2. The van der Waals surface area contributed by atoms with Crippen LogP contribution in [0.4, 0.5) is 0 Å². The van der Waals surface area contributed by atoms with Crippen LogP contribution >= 0.6 is 0 Å². The predicted molar refractivity (Wildman–Crippen MR) is 86.1 cm³/mol. The highest BCUT2D eigenvalue weighted by Crippen LogP contribution is 2.29. The second-order valence-electron chi connectivity index (χ2n) is 6.04. The molecule has 0 fully saturated rings. The van der Waals surface area contributed by atoms with Crippen molar-refractivity contribution in [2.75, 3.05) is 7.11 Å². The average Bonchev–Trinajstić information content (AvgIpc) is 2.51. The normalized spacial score (nSPS) is 14.4. The number of Topliss-reactive ketones (excluding diaryl/α,β-unsaturated/α-hetero) is 1. The Kier molecular flexibility index (Phi) is 6.48. The molecule has 0 saturated heterocycles. The van der Waals surface area contributed by atoms with Gasteiger partial charge in [0.05, 0.1) is 0 Å². The predicted octanol–water partition coefficient (Wildman–Crippen LogP) is 4.16. The molecule has 4 heteroatoms. The molecular weight excluding hydrogens is 280 g/mol. The summed E-state index contributed by atoms with van der Waals surface area (Å²) in [6, 6.07) is 9.81.